The van der Waals surface area contributed by atoms with Crippen molar-refractivity contribution in [3.8, 4) is 5.75 Å². The minimum absolute atomic E-state index is 0.123. The first-order valence-electron chi connectivity index (χ1n) is 6.67. The van der Waals surface area contributed by atoms with Gasteiger partial charge in [-0.25, -0.2) is 0 Å². The number of β-amino-alcohol motifs (C(OH)–C–C–N with tert-alkyl or cyclic N) is 1. The second-order valence-electron chi connectivity index (χ2n) is 5.06. The molecule has 0 aliphatic carbocycles. The second-order valence-corrected chi connectivity index (χ2v) is 5.06. The molecule has 2 unspecified atom stereocenters. The molecule has 0 saturated carbocycles. The highest BCUT2D eigenvalue weighted by Crippen LogP contribution is 2.27. The van der Waals surface area contributed by atoms with E-state index >= 15 is 0 Å². The lowest BCUT2D eigenvalue weighted by Crippen LogP contribution is -2.41. The van der Waals surface area contributed by atoms with Crippen LogP contribution in [0.5, 0.6) is 5.75 Å². The third kappa shape index (κ3) is 3.20. The highest BCUT2D eigenvalue weighted by Gasteiger charge is 2.28. The monoisotopic (exact) mass is 279 g/mol. The third-order valence-corrected chi connectivity index (χ3v) is 3.61. The maximum Gasteiger partial charge on any atom is 0.241 e. The van der Waals surface area contributed by atoms with Crippen molar-refractivity contribution in [2.75, 3.05) is 31.2 Å². The van der Waals surface area contributed by atoms with Crippen molar-refractivity contribution in [3.05, 3.63) is 18.2 Å². The van der Waals surface area contributed by atoms with E-state index < -0.39 is 0 Å². The number of amides is 1. The number of methoxy groups -OCH3 is 1. The molecule has 1 aromatic carbocycles. The number of aliphatic hydroxyl groups is 1. The summed E-state index contributed by atoms with van der Waals surface area (Å²) < 4.78 is 5.20. The number of anilines is 2. The van der Waals surface area contributed by atoms with E-state index in [1.54, 1.807) is 18.2 Å². The number of carbonyl (C=O) groups is 1. The van der Waals surface area contributed by atoms with Crippen molar-refractivity contribution in [1.82, 2.24) is 4.90 Å². The molecule has 0 radical (unpaired) electrons. The first-order chi connectivity index (χ1) is 9.51. The summed E-state index contributed by atoms with van der Waals surface area (Å²) in [6.07, 6.45) is 0.374. The van der Waals surface area contributed by atoms with Gasteiger partial charge in [0.1, 0.15) is 5.75 Å². The molecule has 1 saturated heterocycles. The van der Waals surface area contributed by atoms with Crippen molar-refractivity contribution in [2.45, 2.75) is 25.5 Å². The van der Waals surface area contributed by atoms with Gasteiger partial charge >= 0.3 is 0 Å². The van der Waals surface area contributed by atoms with E-state index in [-0.39, 0.29) is 18.1 Å². The molecule has 1 fully saturated rings. The number of aliphatic hydroxyl groups excluding tert-OH is 1. The Labute approximate surface area is 118 Å². The van der Waals surface area contributed by atoms with E-state index in [4.69, 9.17) is 10.5 Å². The van der Waals surface area contributed by atoms with Gasteiger partial charge in [-0.1, -0.05) is 0 Å². The zero-order valence-corrected chi connectivity index (χ0v) is 11.8. The summed E-state index contributed by atoms with van der Waals surface area (Å²) in [4.78, 5) is 14.2. The Morgan fingerprint density at radius 2 is 2.35 bits per heavy atom. The summed E-state index contributed by atoms with van der Waals surface area (Å²) in [6.45, 7) is 3.10. The number of likely N-dealkylation sites (tertiary alicyclic amines) is 1. The van der Waals surface area contributed by atoms with Crippen molar-refractivity contribution in [2.24, 2.45) is 0 Å². The van der Waals surface area contributed by atoms with Crippen molar-refractivity contribution in [1.29, 1.82) is 0 Å². The molecular formula is C14H21N3O3. The van der Waals surface area contributed by atoms with Gasteiger partial charge in [0, 0.05) is 24.8 Å². The van der Waals surface area contributed by atoms with Gasteiger partial charge < -0.3 is 20.9 Å². The normalized spacial score (nSPS) is 20.6. The number of nitrogen functional groups attached to an aromatic ring is 1. The van der Waals surface area contributed by atoms with Crippen LogP contribution in [0, 0.1) is 0 Å². The molecule has 1 amide bonds. The molecule has 110 valence electrons. The Morgan fingerprint density at radius 3 is 2.95 bits per heavy atom. The van der Waals surface area contributed by atoms with Gasteiger partial charge in [-0.2, -0.15) is 0 Å². The first kappa shape index (κ1) is 14.6. The first-order valence-corrected chi connectivity index (χ1v) is 6.67. The molecular weight excluding hydrogens is 258 g/mol. The van der Waals surface area contributed by atoms with Gasteiger partial charge in [0.15, 0.2) is 0 Å². The Kier molecular flexibility index (Phi) is 4.46. The molecule has 2 rings (SSSR count). The van der Waals surface area contributed by atoms with E-state index in [0.717, 1.165) is 6.54 Å². The zero-order valence-electron chi connectivity index (χ0n) is 11.8. The van der Waals surface area contributed by atoms with E-state index in [2.05, 4.69) is 5.32 Å². The average molecular weight is 279 g/mol. The molecule has 20 heavy (non-hydrogen) atoms. The molecule has 1 aliphatic rings. The molecule has 0 bridgehead atoms. The molecule has 2 atom stereocenters. The lowest BCUT2D eigenvalue weighted by Gasteiger charge is -2.23. The maximum absolute atomic E-state index is 12.2. The number of hydrogen-bond acceptors (Lipinski definition) is 5. The topological polar surface area (TPSA) is 87.8 Å². The second kappa shape index (κ2) is 6.11. The fourth-order valence-corrected chi connectivity index (χ4v) is 2.33. The van der Waals surface area contributed by atoms with Crippen molar-refractivity contribution in [3.63, 3.8) is 0 Å². The standard InChI is InChI=1S/C14H21N3O3/c1-9(17-6-5-11(18)8-17)14(19)16-12-4-3-10(15)7-13(12)20-2/h3-4,7,9,11,18H,5-6,8,15H2,1-2H3,(H,16,19). The van der Waals surface area contributed by atoms with Crippen LogP contribution in [-0.4, -0.2) is 48.3 Å². The highest BCUT2D eigenvalue weighted by atomic mass is 16.5. The summed E-state index contributed by atoms with van der Waals surface area (Å²) in [6, 6.07) is 4.80. The summed E-state index contributed by atoms with van der Waals surface area (Å²) in [5.74, 6) is 0.411. The van der Waals surface area contributed by atoms with Crippen LogP contribution in [0.1, 0.15) is 13.3 Å². The van der Waals surface area contributed by atoms with E-state index in [0.29, 0.717) is 30.1 Å². The van der Waals surface area contributed by atoms with Crippen LogP contribution in [0.3, 0.4) is 0 Å². The molecule has 6 nitrogen and oxygen atoms in total. The van der Waals surface area contributed by atoms with Gasteiger partial charge in [0.25, 0.3) is 0 Å². The lowest BCUT2D eigenvalue weighted by atomic mass is 10.2. The van der Waals surface area contributed by atoms with Crippen molar-refractivity contribution >= 4 is 17.3 Å². The van der Waals surface area contributed by atoms with Crippen LogP contribution in [0.4, 0.5) is 11.4 Å². The Balaban J connectivity index is 2.04. The third-order valence-electron chi connectivity index (χ3n) is 3.61. The van der Waals surface area contributed by atoms with Crippen LogP contribution in [-0.2, 0) is 4.79 Å². The van der Waals surface area contributed by atoms with Crippen LogP contribution in [0.2, 0.25) is 0 Å². The lowest BCUT2D eigenvalue weighted by molar-refractivity contribution is -0.120. The molecule has 0 aromatic heterocycles. The molecule has 4 N–H and O–H groups in total. The smallest absolute Gasteiger partial charge is 0.241 e. The fraction of sp³-hybridized carbons (Fsp3) is 0.500. The Hall–Kier alpha value is -1.79. The van der Waals surface area contributed by atoms with Gasteiger partial charge in [0.2, 0.25) is 5.91 Å². The number of nitrogens with zero attached hydrogens (tertiary/aromatic N) is 1. The predicted octanol–water partition coefficient (Wildman–Crippen LogP) is 0.671. The zero-order chi connectivity index (χ0) is 14.7. The fourth-order valence-electron chi connectivity index (χ4n) is 2.33. The molecule has 1 heterocycles. The Bertz CT molecular complexity index is 493. The van der Waals surface area contributed by atoms with E-state index in [9.17, 15) is 9.90 Å². The number of nitrogens with two attached hydrogens (primary N) is 1. The van der Waals surface area contributed by atoms with Gasteiger partial charge in [0.05, 0.1) is 24.9 Å². The number of nitrogens with one attached hydrogen (secondary N) is 1. The maximum atomic E-state index is 12.2. The SMILES string of the molecule is COc1cc(N)ccc1NC(=O)C(C)N1CCC(O)C1. The summed E-state index contributed by atoms with van der Waals surface area (Å²) in [5, 5.41) is 12.4. The molecule has 6 heteroatoms. The quantitative estimate of drug-likeness (QED) is 0.705. The van der Waals surface area contributed by atoms with Crippen LogP contribution >= 0.6 is 0 Å². The molecule has 1 aliphatic heterocycles. The number of benzene rings is 1. The summed E-state index contributed by atoms with van der Waals surface area (Å²) in [5.41, 5.74) is 6.85. The summed E-state index contributed by atoms with van der Waals surface area (Å²) in [7, 11) is 1.53. The minimum Gasteiger partial charge on any atom is -0.494 e. The number of hydrogen-bond donors (Lipinski definition) is 3. The van der Waals surface area contributed by atoms with E-state index in [1.165, 1.54) is 7.11 Å². The van der Waals surface area contributed by atoms with Crippen LogP contribution < -0.4 is 15.8 Å². The number of rotatable bonds is 4. The van der Waals surface area contributed by atoms with Gasteiger partial charge in [-0.05, 0) is 25.5 Å². The predicted molar refractivity (Wildman–Crippen MR) is 77.7 cm³/mol. The van der Waals surface area contributed by atoms with Crippen LogP contribution in [0.15, 0.2) is 18.2 Å². The number of carbonyl (C=O) groups excluding carboxylic acids is 1. The van der Waals surface area contributed by atoms with Crippen molar-refractivity contribution < 1.29 is 14.6 Å². The molecule has 0 spiro atoms. The van der Waals surface area contributed by atoms with Crippen LogP contribution in [0.25, 0.3) is 0 Å². The van der Waals surface area contributed by atoms with Gasteiger partial charge in [-0.3, -0.25) is 9.69 Å². The average Bonchev–Trinajstić information content (AvgIpc) is 2.86. The largest absolute Gasteiger partial charge is 0.494 e. The summed E-state index contributed by atoms with van der Waals surface area (Å²) >= 11 is 0. The Morgan fingerprint density at radius 1 is 1.60 bits per heavy atom. The van der Waals surface area contributed by atoms with Gasteiger partial charge in [-0.15, -0.1) is 0 Å². The molecule has 1 aromatic rings. The van der Waals surface area contributed by atoms with E-state index in [1.807, 2.05) is 11.8 Å². The minimum atomic E-state index is -0.337. The number of ether oxygens (including phenoxy) is 1. The highest BCUT2D eigenvalue weighted by molar-refractivity contribution is 5.96.